The van der Waals surface area contributed by atoms with E-state index in [9.17, 15) is 14.4 Å². The molecule has 1 atom stereocenters. The molecule has 0 aliphatic rings. The van der Waals surface area contributed by atoms with Crippen LogP contribution in [0.5, 0.6) is 0 Å². The van der Waals surface area contributed by atoms with Crippen molar-refractivity contribution in [2.45, 2.75) is 258 Å². The molecule has 6 nitrogen and oxygen atoms in total. The maximum absolute atomic E-state index is 12.9. The smallest absolute Gasteiger partial charge is 0.309 e. The van der Waals surface area contributed by atoms with E-state index in [0.29, 0.717) is 12.8 Å². The van der Waals surface area contributed by atoms with Gasteiger partial charge in [0.15, 0.2) is 6.10 Å². The molecule has 0 bridgehead atoms. The van der Waals surface area contributed by atoms with Crippen molar-refractivity contribution in [3.8, 4) is 0 Å². The zero-order valence-electron chi connectivity index (χ0n) is 48.3. The van der Waals surface area contributed by atoms with Gasteiger partial charge in [-0.2, -0.15) is 0 Å². The van der Waals surface area contributed by atoms with E-state index in [-0.39, 0.29) is 38.0 Å². The highest BCUT2D eigenvalue weighted by molar-refractivity contribution is 5.72. The minimum Gasteiger partial charge on any atom is -0.462 e. The number of rotatable bonds is 53. The Bertz CT molecular complexity index is 1660. The summed E-state index contributed by atoms with van der Waals surface area (Å²) in [5.41, 5.74) is 0. The van der Waals surface area contributed by atoms with Crippen LogP contribution in [0.3, 0.4) is 0 Å². The van der Waals surface area contributed by atoms with Crippen molar-refractivity contribution in [2.24, 2.45) is 0 Å². The minimum atomic E-state index is -0.844. The molecule has 0 rings (SSSR count). The molecule has 0 heterocycles. The number of unbranched alkanes of at least 4 members (excludes halogenated alkanes) is 19. The summed E-state index contributed by atoms with van der Waals surface area (Å²) in [7, 11) is 0. The Morgan fingerprint density at radius 3 is 0.947 bits per heavy atom. The second-order valence-electron chi connectivity index (χ2n) is 19.5. The predicted molar refractivity (Wildman–Crippen MR) is 325 cm³/mol. The first-order valence-corrected chi connectivity index (χ1v) is 30.3. The molecule has 0 saturated heterocycles. The molecule has 0 spiro atoms. The number of hydrogen-bond donors (Lipinski definition) is 0. The molecule has 0 N–H and O–H groups in total. The van der Waals surface area contributed by atoms with Crippen molar-refractivity contribution >= 4 is 17.9 Å². The summed E-state index contributed by atoms with van der Waals surface area (Å²) < 4.78 is 16.8. The monoisotopic (exact) mass is 1030 g/mol. The third-order valence-corrected chi connectivity index (χ3v) is 12.3. The van der Waals surface area contributed by atoms with E-state index >= 15 is 0 Å². The van der Waals surface area contributed by atoms with E-state index in [1.807, 2.05) is 6.08 Å². The quantitative estimate of drug-likeness (QED) is 0.0261. The van der Waals surface area contributed by atoms with Crippen molar-refractivity contribution in [3.05, 3.63) is 146 Å². The number of esters is 3. The first-order chi connectivity index (χ1) is 37.0. The molecule has 0 amide bonds. The van der Waals surface area contributed by atoms with Crippen LogP contribution in [0.1, 0.15) is 252 Å². The molecule has 0 fully saturated rings. The normalized spacial score (nSPS) is 13.2. The Morgan fingerprint density at radius 2 is 0.573 bits per heavy atom. The first-order valence-electron chi connectivity index (χ1n) is 30.3. The van der Waals surface area contributed by atoms with Crippen LogP contribution in [0.2, 0.25) is 0 Å². The summed E-state index contributed by atoms with van der Waals surface area (Å²) in [6.45, 7) is 6.28. The van der Waals surface area contributed by atoms with Gasteiger partial charge in [-0.05, 0) is 122 Å². The van der Waals surface area contributed by atoms with Crippen LogP contribution in [0.4, 0.5) is 0 Å². The molecular weight excluding hydrogens is 925 g/mol. The molecule has 0 saturated carbocycles. The lowest BCUT2D eigenvalue weighted by atomic mass is 10.0. The van der Waals surface area contributed by atoms with Crippen LogP contribution in [0, 0.1) is 0 Å². The highest BCUT2D eigenvalue weighted by Crippen LogP contribution is 2.14. The second-order valence-corrected chi connectivity index (χ2v) is 19.5. The molecule has 422 valence electrons. The highest BCUT2D eigenvalue weighted by Gasteiger charge is 2.19. The summed E-state index contributed by atoms with van der Waals surface area (Å²) >= 11 is 0. The van der Waals surface area contributed by atoms with Gasteiger partial charge in [0.25, 0.3) is 0 Å². The fourth-order valence-electron chi connectivity index (χ4n) is 7.87. The summed E-state index contributed by atoms with van der Waals surface area (Å²) in [6.07, 6.45) is 88.7. The Balaban J connectivity index is 4.51. The Morgan fingerprint density at radius 1 is 0.293 bits per heavy atom. The number of hydrogen-bond acceptors (Lipinski definition) is 6. The molecule has 6 heteroatoms. The zero-order valence-corrected chi connectivity index (χ0v) is 48.3. The fraction of sp³-hybridized carbons (Fsp3) is 0.609. The van der Waals surface area contributed by atoms with Crippen LogP contribution in [-0.4, -0.2) is 37.2 Å². The Hall–Kier alpha value is -4.71. The van der Waals surface area contributed by atoms with E-state index < -0.39 is 12.1 Å². The summed E-state index contributed by atoms with van der Waals surface area (Å²) in [5, 5.41) is 0. The van der Waals surface area contributed by atoms with Crippen molar-refractivity contribution in [2.75, 3.05) is 13.2 Å². The van der Waals surface area contributed by atoms with Gasteiger partial charge in [-0.15, -0.1) is 0 Å². The first kappa shape index (κ1) is 70.3. The third-order valence-electron chi connectivity index (χ3n) is 12.3. The van der Waals surface area contributed by atoms with Gasteiger partial charge in [0.2, 0.25) is 0 Å². The summed E-state index contributed by atoms with van der Waals surface area (Å²) in [4.78, 5) is 38.2. The zero-order chi connectivity index (χ0) is 54.3. The van der Waals surface area contributed by atoms with Gasteiger partial charge < -0.3 is 14.2 Å². The number of carbonyl (C=O) groups excluding carboxylic acids is 3. The van der Waals surface area contributed by atoms with E-state index in [0.717, 1.165) is 109 Å². The standard InChI is InChI=1S/C69H110O6/c1-4-7-10-13-16-19-22-25-28-30-32-33-34-35-37-38-41-44-47-50-53-56-59-62-68(71)74-65-66(64-73-67(70)61-58-55-52-49-46-43-40-27-24-21-18-15-12-9-6-3)75-69(72)63-60-57-54-51-48-45-42-39-36-31-29-26-23-20-17-14-11-8-5-2/h8-9,11-12,17-18,20-22,25-27,29-30,32,36,39-40,45-46,48-49,55,58,66H,4-7,10,13-16,19,23-24,28,31,33-35,37-38,41-44,47,50-54,56-57,59-65H2,1-3H3/b11-8-,12-9-,20-17-,21-18-,25-22-,29-26-,32-30-,39-36-,40-27-,48-45-,49-46-,58-55-. The molecular formula is C69H110O6. The minimum absolute atomic E-state index is 0.113. The van der Waals surface area contributed by atoms with Crippen molar-refractivity contribution in [1.29, 1.82) is 0 Å². The molecule has 0 radical (unpaired) electrons. The Kier molecular flexibility index (Phi) is 58.0. The molecule has 0 aliphatic carbocycles. The lowest BCUT2D eigenvalue weighted by molar-refractivity contribution is -0.166. The number of allylic oxidation sites excluding steroid dienone is 23. The topological polar surface area (TPSA) is 78.9 Å². The van der Waals surface area contributed by atoms with Crippen LogP contribution >= 0.6 is 0 Å². The average molecular weight is 1040 g/mol. The maximum Gasteiger partial charge on any atom is 0.309 e. The highest BCUT2D eigenvalue weighted by atomic mass is 16.6. The molecule has 0 aromatic carbocycles. The SMILES string of the molecule is CC/C=C\C/C=C\C/C=C\C/C=C\C/C=C\CCCCCC(=O)OC(COC(=O)C/C=C\C/C=C\C/C=C\C/C=C\C/C=C\CC)COC(=O)CCCCCCCCCCCCC/C=C\C/C=C\CCCCCCC. The van der Waals surface area contributed by atoms with Crippen LogP contribution in [0.15, 0.2) is 146 Å². The number of carbonyl (C=O) groups is 3. The molecule has 0 aromatic rings. The van der Waals surface area contributed by atoms with Gasteiger partial charge in [0.1, 0.15) is 13.2 Å². The van der Waals surface area contributed by atoms with Gasteiger partial charge in [-0.25, -0.2) is 0 Å². The van der Waals surface area contributed by atoms with E-state index in [1.54, 1.807) is 6.08 Å². The van der Waals surface area contributed by atoms with Gasteiger partial charge in [0.05, 0.1) is 6.42 Å². The molecule has 0 aromatic heterocycles. The van der Waals surface area contributed by atoms with Gasteiger partial charge >= 0.3 is 17.9 Å². The van der Waals surface area contributed by atoms with E-state index in [1.165, 1.54) is 96.3 Å². The lowest BCUT2D eigenvalue weighted by Gasteiger charge is -2.18. The predicted octanol–water partition coefficient (Wildman–Crippen LogP) is 20.8. The van der Waals surface area contributed by atoms with Crippen LogP contribution in [-0.2, 0) is 28.6 Å². The van der Waals surface area contributed by atoms with E-state index in [4.69, 9.17) is 14.2 Å². The lowest BCUT2D eigenvalue weighted by Crippen LogP contribution is -2.30. The van der Waals surface area contributed by atoms with Crippen LogP contribution in [0.25, 0.3) is 0 Å². The van der Waals surface area contributed by atoms with Crippen molar-refractivity contribution in [1.82, 2.24) is 0 Å². The Labute approximate surface area is 461 Å². The third kappa shape index (κ3) is 60.0. The van der Waals surface area contributed by atoms with Crippen molar-refractivity contribution in [3.63, 3.8) is 0 Å². The number of ether oxygens (including phenoxy) is 3. The summed E-state index contributed by atoms with van der Waals surface area (Å²) in [6, 6.07) is 0. The van der Waals surface area contributed by atoms with E-state index in [2.05, 4.69) is 154 Å². The van der Waals surface area contributed by atoms with Gasteiger partial charge in [-0.1, -0.05) is 256 Å². The van der Waals surface area contributed by atoms with Crippen LogP contribution < -0.4 is 0 Å². The second kappa shape index (κ2) is 61.8. The van der Waals surface area contributed by atoms with Crippen molar-refractivity contribution < 1.29 is 28.6 Å². The van der Waals surface area contributed by atoms with Gasteiger partial charge in [0, 0.05) is 12.8 Å². The van der Waals surface area contributed by atoms with Gasteiger partial charge in [-0.3, -0.25) is 14.4 Å². The summed E-state index contributed by atoms with van der Waals surface area (Å²) in [5.74, 6) is -1.10. The molecule has 0 aliphatic heterocycles. The average Bonchev–Trinajstić information content (AvgIpc) is 3.41. The fourth-order valence-corrected chi connectivity index (χ4v) is 7.87. The largest absolute Gasteiger partial charge is 0.462 e. The maximum atomic E-state index is 12.9. The molecule has 75 heavy (non-hydrogen) atoms. The molecule has 1 unspecified atom stereocenters.